The Morgan fingerprint density at radius 3 is 2.54 bits per heavy atom. The number of likely N-dealkylation sites (tertiary alicyclic amines) is 1. The van der Waals surface area contributed by atoms with E-state index in [1.165, 1.54) is 30.3 Å². The topological polar surface area (TPSA) is 92.5 Å². The molecule has 6 nitrogen and oxygen atoms in total. The minimum absolute atomic E-state index is 0. The second-order valence-electron chi connectivity index (χ2n) is 6.73. The number of anilines is 1. The molecule has 0 aromatic heterocycles. The first kappa shape index (κ1) is 22.1. The molecular weight excluding hydrogens is 405 g/mol. The average molecular weight is 428 g/mol. The number of rotatable bonds is 5. The smallest absolute Gasteiger partial charge is 0.262 e. The predicted molar refractivity (Wildman–Crippen MR) is 109 cm³/mol. The van der Waals surface area contributed by atoms with Gasteiger partial charge in [-0.25, -0.2) is 12.8 Å². The normalized spacial score (nSPS) is 16.5. The summed E-state index contributed by atoms with van der Waals surface area (Å²) in [6, 6.07) is 9.66. The Hall–Kier alpha value is -2.16. The van der Waals surface area contributed by atoms with E-state index in [0.717, 1.165) is 6.42 Å². The van der Waals surface area contributed by atoms with Gasteiger partial charge in [-0.05, 0) is 67.8 Å². The molecule has 0 bridgehead atoms. The highest BCUT2D eigenvalue weighted by Gasteiger charge is 2.27. The maximum Gasteiger partial charge on any atom is 0.262 e. The van der Waals surface area contributed by atoms with E-state index in [-0.39, 0.29) is 34.8 Å². The average Bonchev–Trinajstić information content (AvgIpc) is 3.12. The van der Waals surface area contributed by atoms with Crippen LogP contribution in [0.4, 0.5) is 10.1 Å². The van der Waals surface area contributed by atoms with Crippen molar-refractivity contribution in [2.45, 2.75) is 18.2 Å². The fraction of sp³-hybridized carbons (Fsp3) is 0.316. The number of aryl methyl sites for hydroxylation is 1. The van der Waals surface area contributed by atoms with Crippen molar-refractivity contribution in [1.82, 2.24) is 4.90 Å². The molecule has 1 fully saturated rings. The molecule has 1 aliphatic rings. The minimum Gasteiger partial charge on any atom is -0.338 e. The second-order valence-corrected chi connectivity index (χ2v) is 8.39. The van der Waals surface area contributed by atoms with Crippen molar-refractivity contribution in [1.29, 1.82) is 0 Å². The third-order valence-electron chi connectivity index (χ3n) is 4.73. The van der Waals surface area contributed by atoms with Crippen molar-refractivity contribution in [2.75, 3.05) is 24.4 Å². The highest BCUT2D eigenvalue weighted by molar-refractivity contribution is 7.92. The van der Waals surface area contributed by atoms with Gasteiger partial charge in [0.2, 0.25) is 0 Å². The zero-order valence-electron chi connectivity index (χ0n) is 15.4. The summed E-state index contributed by atoms with van der Waals surface area (Å²) >= 11 is 0. The molecule has 2 aromatic rings. The van der Waals surface area contributed by atoms with Gasteiger partial charge in [0.05, 0.1) is 4.90 Å². The molecule has 0 saturated carbocycles. The van der Waals surface area contributed by atoms with Gasteiger partial charge < -0.3 is 10.6 Å². The van der Waals surface area contributed by atoms with Crippen LogP contribution in [-0.2, 0) is 10.0 Å². The minimum atomic E-state index is -3.92. The van der Waals surface area contributed by atoms with Crippen molar-refractivity contribution < 1.29 is 17.6 Å². The number of hydrogen-bond acceptors (Lipinski definition) is 4. The van der Waals surface area contributed by atoms with E-state index in [1.807, 2.05) is 0 Å². The Morgan fingerprint density at radius 2 is 1.93 bits per heavy atom. The van der Waals surface area contributed by atoms with Gasteiger partial charge in [0.1, 0.15) is 5.82 Å². The van der Waals surface area contributed by atoms with Gasteiger partial charge >= 0.3 is 0 Å². The van der Waals surface area contributed by atoms with Gasteiger partial charge in [0.15, 0.2) is 0 Å². The maximum absolute atomic E-state index is 13.0. The summed E-state index contributed by atoms with van der Waals surface area (Å²) in [5.41, 5.74) is 6.75. The van der Waals surface area contributed by atoms with E-state index >= 15 is 0 Å². The fourth-order valence-electron chi connectivity index (χ4n) is 3.14. The highest BCUT2D eigenvalue weighted by atomic mass is 35.5. The molecule has 3 N–H and O–H groups in total. The Bertz CT molecular complexity index is 951. The Balaban J connectivity index is 0.00000280. The Labute approximate surface area is 170 Å². The summed E-state index contributed by atoms with van der Waals surface area (Å²) < 4.78 is 41.0. The number of halogens is 2. The molecule has 1 aliphatic heterocycles. The Morgan fingerprint density at radius 1 is 1.25 bits per heavy atom. The quantitative estimate of drug-likeness (QED) is 0.767. The molecule has 9 heteroatoms. The Kier molecular flexibility index (Phi) is 7.03. The van der Waals surface area contributed by atoms with Crippen molar-refractivity contribution in [3.05, 3.63) is 59.4 Å². The van der Waals surface area contributed by atoms with E-state index in [2.05, 4.69) is 4.72 Å². The summed E-state index contributed by atoms with van der Waals surface area (Å²) in [6.07, 6.45) is 0.853. The molecule has 3 rings (SSSR count). The molecule has 1 heterocycles. The van der Waals surface area contributed by atoms with Crippen molar-refractivity contribution in [3.8, 4) is 0 Å². The lowest BCUT2D eigenvalue weighted by Crippen LogP contribution is -2.30. The second kappa shape index (κ2) is 8.89. The standard InChI is InChI=1S/C19H22FN3O3S.ClH/c1-13-2-3-15(19(24)23-9-8-14(11-21)12-23)10-18(13)27(25,26)22-17-6-4-16(20)5-7-17;/h2-7,10,14,22H,8-9,11-12,21H2,1H3;1H. The number of nitrogens with two attached hydrogens (primary N) is 1. The molecule has 2 aromatic carbocycles. The molecule has 1 saturated heterocycles. The van der Waals surface area contributed by atoms with Crippen LogP contribution in [0.25, 0.3) is 0 Å². The van der Waals surface area contributed by atoms with Gasteiger partial charge in [-0.15, -0.1) is 12.4 Å². The van der Waals surface area contributed by atoms with Crippen LogP contribution in [0, 0.1) is 18.7 Å². The van der Waals surface area contributed by atoms with Crippen LogP contribution in [-0.4, -0.2) is 38.9 Å². The number of hydrogen-bond donors (Lipinski definition) is 2. The molecule has 1 atom stereocenters. The maximum atomic E-state index is 13.0. The predicted octanol–water partition coefficient (Wildman–Crippen LogP) is 2.78. The third-order valence-corrected chi connectivity index (χ3v) is 6.25. The van der Waals surface area contributed by atoms with Crippen LogP contribution in [0.2, 0.25) is 0 Å². The number of carbonyl (C=O) groups excluding carboxylic acids is 1. The summed E-state index contributed by atoms with van der Waals surface area (Å²) in [5.74, 6) is -0.380. The van der Waals surface area contributed by atoms with Crippen molar-refractivity contribution in [2.24, 2.45) is 11.7 Å². The van der Waals surface area contributed by atoms with Crippen LogP contribution in [0.1, 0.15) is 22.3 Å². The van der Waals surface area contributed by atoms with Crippen LogP contribution in [0.15, 0.2) is 47.4 Å². The van der Waals surface area contributed by atoms with Crippen LogP contribution >= 0.6 is 12.4 Å². The van der Waals surface area contributed by atoms with E-state index in [4.69, 9.17) is 5.73 Å². The molecular formula is C19H23ClFN3O3S. The lowest BCUT2D eigenvalue weighted by atomic mass is 10.1. The van der Waals surface area contributed by atoms with E-state index < -0.39 is 15.8 Å². The van der Waals surface area contributed by atoms with Gasteiger partial charge in [-0.1, -0.05) is 6.07 Å². The van der Waals surface area contributed by atoms with Crippen LogP contribution < -0.4 is 10.5 Å². The molecule has 0 aliphatic carbocycles. The summed E-state index contributed by atoms with van der Waals surface area (Å²) in [6.45, 7) is 3.39. The van der Waals surface area contributed by atoms with Crippen LogP contribution in [0.3, 0.4) is 0 Å². The summed E-state index contributed by atoms with van der Waals surface area (Å²) in [7, 11) is -3.92. The SMILES string of the molecule is Cc1ccc(C(=O)N2CCC(CN)C2)cc1S(=O)(=O)Nc1ccc(F)cc1.Cl. The first-order valence-electron chi connectivity index (χ1n) is 8.68. The van der Waals surface area contributed by atoms with Crippen molar-refractivity contribution in [3.63, 3.8) is 0 Å². The molecule has 0 radical (unpaired) electrons. The van der Waals surface area contributed by atoms with E-state index in [0.29, 0.717) is 30.8 Å². The number of carbonyl (C=O) groups is 1. The van der Waals surface area contributed by atoms with Gasteiger partial charge in [-0.2, -0.15) is 0 Å². The summed E-state index contributed by atoms with van der Waals surface area (Å²) in [4.78, 5) is 14.4. The van der Waals surface area contributed by atoms with Gasteiger partial charge in [0, 0.05) is 24.3 Å². The van der Waals surface area contributed by atoms with Crippen molar-refractivity contribution >= 4 is 34.0 Å². The summed E-state index contributed by atoms with van der Waals surface area (Å²) in [5, 5.41) is 0. The zero-order valence-corrected chi connectivity index (χ0v) is 17.0. The fourth-order valence-corrected chi connectivity index (χ4v) is 4.47. The number of nitrogens with one attached hydrogen (secondary N) is 1. The number of benzene rings is 2. The monoisotopic (exact) mass is 427 g/mol. The number of sulfonamides is 1. The lowest BCUT2D eigenvalue weighted by molar-refractivity contribution is 0.0787. The number of amides is 1. The number of nitrogens with zero attached hydrogens (tertiary/aromatic N) is 1. The largest absolute Gasteiger partial charge is 0.338 e. The molecule has 152 valence electrons. The van der Waals surface area contributed by atoms with E-state index in [1.54, 1.807) is 24.0 Å². The molecule has 0 spiro atoms. The van der Waals surface area contributed by atoms with E-state index in [9.17, 15) is 17.6 Å². The van der Waals surface area contributed by atoms with Gasteiger partial charge in [-0.3, -0.25) is 9.52 Å². The highest BCUT2D eigenvalue weighted by Crippen LogP contribution is 2.23. The molecule has 1 amide bonds. The van der Waals surface area contributed by atoms with Crippen LogP contribution in [0.5, 0.6) is 0 Å². The van der Waals surface area contributed by atoms with Gasteiger partial charge in [0.25, 0.3) is 15.9 Å². The third kappa shape index (κ3) is 4.81. The molecule has 28 heavy (non-hydrogen) atoms. The lowest BCUT2D eigenvalue weighted by Gasteiger charge is -2.18. The molecule has 1 unspecified atom stereocenters. The first-order valence-corrected chi connectivity index (χ1v) is 10.2. The first-order chi connectivity index (χ1) is 12.8. The zero-order chi connectivity index (χ0) is 19.6.